The first kappa shape index (κ1) is 12.8. The Hall–Kier alpha value is -1.23. The topological polar surface area (TPSA) is 25.8 Å². The van der Waals surface area contributed by atoms with Crippen molar-refractivity contribution in [3.05, 3.63) is 57.5 Å². The van der Waals surface area contributed by atoms with Crippen molar-refractivity contribution in [2.75, 3.05) is 0 Å². The number of halogens is 2. The van der Waals surface area contributed by atoms with Crippen LogP contribution < -0.4 is 0 Å². The van der Waals surface area contributed by atoms with Crippen LogP contribution in [0.1, 0.15) is 0 Å². The molecule has 0 aliphatic rings. The third-order valence-electron chi connectivity index (χ3n) is 2.61. The van der Waals surface area contributed by atoms with Crippen LogP contribution in [0.15, 0.2) is 52.4 Å². The molecule has 5 heteroatoms. The summed E-state index contributed by atoms with van der Waals surface area (Å²) < 4.78 is 1.06. The Morgan fingerprint density at radius 2 is 1.89 bits per heavy atom. The highest BCUT2D eigenvalue weighted by molar-refractivity contribution is 9.10. The fourth-order valence-electron chi connectivity index (χ4n) is 1.68. The number of pyridine rings is 1. The Labute approximate surface area is 128 Å². The first-order chi connectivity index (χ1) is 9.24. The van der Waals surface area contributed by atoms with E-state index in [0.29, 0.717) is 5.02 Å². The number of rotatable bonds is 2. The molecule has 0 saturated carbocycles. The van der Waals surface area contributed by atoms with Crippen LogP contribution in [0.25, 0.3) is 22.0 Å². The molecule has 1 aromatic carbocycles. The summed E-state index contributed by atoms with van der Waals surface area (Å²) in [5.74, 6) is 0. The maximum atomic E-state index is 6.13. The normalized spacial score (nSPS) is 10.6. The first-order valence-electron chi connectivity index (χ1n) is 5.56. The Balaban J connectivity index is 2.00. The molecular weight excluding hydrogens is 344 g/mol. The van der Waals surface area contributed by atoms with Crippen molar-refractivity contribution in [2.24, 2.45) is 0 Å². The summed E-state index contributed by atoms with van der Waals surface area (Å²) in [6, 6.07) is 11.7. The number of nitrogens with zero attached hydrogens (tertiary/aromatic N) is 2. The van der Waals surface area contributed by atoms with E-state index in [1.165, 1.54) is 0 Å². The Kier molecular flexibility index (Phi) is 3.64. The number of thiazole rings is 1. The largest absolute Gasteiger partial charge is 0.252 e. The van der Waals surface area contributed by atoms with Crippen molar-refractivity contribution >= 4 is 38.9 Å². The Bertz CT molecular complexity index is 709. The Morgan fingerprint density at radius 3 is 2.63 bits per heavy atom. The van der Waals surface area contributed by atoms with Gasteiger partial charge in [0.25, 0.3) is 0 Å². The molecule has 0 radical (unpaired) electrons. The van der Waals surface area contributed by atoms with Gasteiger partial charge in [-0.05, 0) is 24.3 Å². The van der Waals surface area contributed by atoms with Gasteiger partial charge in [-0.2, -0.15) is 0 Å². The van der Waals surface area contributed by atoms with Gasteiger partial charge in [0.1, 0.15) is 10.7 Å². The highest BCUT2D eigenvalue weighted by atomic mass is 79.9. The zero-order valence-electron chi connectivity index (χ0n) is 9.68. The van der Waals surface area contributed by atoms with E-state index in [1.54, 1.807) is 17.5 Å². The summed E-state index contributed by atoms with van der Waals surface area (Å²) in [7, 11) is 0. The van der Waals surface area contributed by atoms with Crippen molar-refractivity contribution in [3.8, 4) is 22.0 Å². The Morgan fingerprint density at radius 1 is 1.11 bits per heavy atom. The second-order valence-electron chi connectivity index (χ2n) is 3.88. The smallest absolute Gasteiger partial charge is 0.144 e. The molecular formula is C14H8BrClN2S. The minimum Gasteiger partial charge on any atom is -0.252 e. The van der Waals surface area contributed by atoms with Crippen LogP contribution in [0.4, 0.5) is 0 Å². The molecule has 0 amide bonds. The summed E-state index contributed by atoms with van der Waals surface area (Å²) in [4.78, 5) is 8.88. The summed E-state index contributed by atoms with van der Waals surface area (Å²) in [5.41, 5.74) is 2.75. The lowest BCUT2D eigenvalue weighted by atomic mass is 10.2. The second-order valence-corrected chi connectivity index (χ2v) is 6.06. The van der Waals surface area contributed by atoms with E-state index in [4.69, 9.17) is 11.6 Å². The molecule has 0 aliphatic heterocycles. The summed E-state index contributed by atoms with van der Waals surface area (Å²) >= 11 is 11.1. The predicted molar refractivity (Wildman–Crippen MR) is 83.5 cm³/mol. The lowest BCUT2D eigenvalue weighted by Gasteiger charge is -1.98. The fraction of sp³-hybridized carbons (Fsp3) is 0. The van der Waals surface area contributed by atoms with Gasteiger partial charge in [0.15, 0.2) is 0 Å². The molecule has 2 aromatic heterocycles. The average Bonchev–Trinajstić information content (AvgIpc) is 2.89. The molecule has 2 nitrogen and oxygen atoms in total. The standard InChI is InChI=1S/C14H8BrClN2S/c15-10-5-3-9(4-6-10)12-8-19-14(18-12)13-11(16)2-1-7-17-13/h1-8H. The molecule has 3 rings (SSSR count). The van der Waals surface area contributed by atoms with Crippen molar-refractivity contribution in [1.82, 2.24) is 9.97 Å². The van der Waals surface area contributed by atoms with E-state index in [2.05, 4.69) is 25.9 Å². The summed E-state index contributed by atoms with van der Waals surface area (Å²) in [6.07, 6.45) is 1.72. The van der Waals surface area contributed by atoms with Gasteiger partial charge in [0.2, 0.25) is 0 Å². The maximum absolute atomic E-state index is 6.13. The van der Waals surface area contributed by atoms with Gasteiger partial charge in [-0.1, -0.05) is 39.7 Å². The molecule has 0 saturated heterocycles. The molecule has 0 spiro atoms. The summed E-state index contributed by atoms with van der Waals surface area (Å²) in [5, 5.41) is 3.48. The zero-order chi connectivity index (χ0) is 13.2. The van der Waals surface area contributed by atoms with Crippen molar-refractivity contribution < 1.29 is 0 Å². The third-order valence-corrected chi connectivity index (χ3v) is 4.29. The second kappa shape index (κ2) is 5.41. The van der Waals surface area contributed by atoms with E-state index >= 15 is 0 Å². The van der Waals surface area contributed by atoms with Crippen LogP contribution in [0.5, 0.6) is 0 Å². The molecule has 3 aromatic rings. The maximum Gasteiger partial charge on any atom is 0.144 e. The average molecular weight is 352 g/mol. The van der Waals surface area contributed by atoms with Gasteiger partial charge < -0.3 is 0 Å². The minimum absolute atomic E-state index is 0.624. The van der Waals surface area contributed by atoms with E-state index in [9.17, 15) is 0 Å². The predicted octanol–water partition coefficient (Wildman–Crippen LogP) is 5.29. The van der Waals surface area contributed by atoms with E-state index in [-0.39, 0.29) is 0 Å². The number of aromatic nitrogens is 2. The van der Waals surface area contributed by atoms with Gasteiger partial charge in [-0.15, -0.1) is 11.3 Å². The third kappa shape index (κ3) is 2.71. The van der Waals surface area contributed by atoms with Gasteiger partial charge >= 0.3 is 0 Å². The number of hydrogen-bond acceptors (Lipinski definition) is 3. The van der Waals surface area contributed by atoms with E-state index in [1.807, 2.05) is 41.8 Å². The highest BCUT2D eigenvalue weighted by Gasteiger charge is 2.10. The first-order valence-corrected chi connectivity index (χ1v) is 7.61. The number of hydrogen-bond donors (Lipinski definition) is 0. The fourth-order valence-corrected chi connectivity index (χ4v) is 3.05. The van der Waals surface area contributed by atoms with Gasteiger partial charge in [0.05, 0.1) is 10.7 Å². The van der Waals surface area contributed by atoms with Gasteiger partial charge in [-0.3, -0.25) is 4.98 Å². The molecule has 0 unspecified atom stereocenters. The molecule has 19 heavy (non-hydrogen) atoms. The van der Waals surface area contributed by atoms with E-state index < -0.39 is 0 Å². The lowest BCUT2D eigenvalue weighted by Crippen LogP contribution is -1.84. The molecule has 0 atom stereocenters. The molecule has 0 fully saturated rings. The molecule has 94 valence electrons. The van der Waals surface area contributed by atoms with Crippen LogP contribution in [0.3, 0.4) is 0 Å². The van der Waals surface area contributed by atoms with Crippen LogP contribution >= 0.6 is 38.9 Å². The lowest BCUT2D eigenvalue weighted by molar-refractivity contribution is 1.29. The van der Waals surface area contributed by atoms with Crippen LogP contribution in [-0.2, 0) is 0 Å². The quantitative estimate of drug-likeness (QED) is 0.627. The molecule has 0 aliphatic carbocycles. The minimum atomic E-state index is 0.624. The summed E-state index contributed by atoms with van der Waals surface area (Å²) in [6.45, 7) is 0. The van der Waals surface area contributed by atoms with Gasteiger partial charge in [0, 0.05) is 21.6 Å². The zero-order valence-corrected chi connectivity index (χ0v) is 12.8. The van der Waals surface area contributed by atoms with Crippen LogP contribution in [0, 0.1) is 0 Å². The van der Waals surface area contributed by atoms with Gasteiger partial charge in [-0.25, -0.2) is 4.98 Å². The molecule has 0 bridgehead atoms. The van der Waals surface area contributed by atoms with Crippen molar-refractivity contribution in [1.29, 1.82) is 0 Å². The molecule has 0 N–H and O–H groups in total. The van der Waals surface area contributed by atoms with E-state index in [0.717, 1.165) is 26.4 Å². The molecule has 2 heterocycles. The monoisotopic (exact) mass is 350 g/mol. The van der Waals surface area contributed by atoms with Crippen LogP contribution in [0.2, 0.25) is 5.02 Å². The highest BCUT2D eigenvalue weighted by Crippen LogP contribution is 2.31. The van der Waals surface area contributed by atoms with Crippen molar-refractivity contribution in [2.45, 2.75) is 0 Å². The van der Waals surface area contributed by atoms with Crippen LogP contribution in [-0.4, -0.2) is 9.97 Å². The SMILES string of the molecule is Clc1cccnc1-c1nc(-c2ccc(Br)cc2)cs1. The number of benzene rings is 1. The van der Waals surface area contributed by atoms with Crippen molar-refractivity contribution in [3.63, 3.8) is 0 Å².